The topological polar surface area (TPSA) is 257 Å². The maximum Gasteiger partial charge on any atom is 0.414 e. The molecule has 348 valence electrons. The molecule has 21 nitrogen and oxygen atoms in total. The van der Waals surface area contributed by atoms with E-state index in [9.17, 15) is 29.4 Å². The summed E-state index contributed by atoms with van der Waals surface area (Å²) < 4.78 is 29.4. The molecule has 0 radical (unpaired) electrons. The monoisotopic (exact) mass is 936 g/mol. The number of oxime groups is 1. The van der Waals surface area contributed by atoms with E-state index in [1.807, 2.05) is 21.3 Å². The molecular weight excluding hydrogens is 885 g/mol. The molecule has 1 saturated heterocycles. The van der Waals surface area contributed by atoms with Gasteiger partial charge in [-0.05, 0) is 68.9 Å². The third-order valence-electron chi connectivity index (χ3n) is 9.34. The minimum atomic E-state index is -1.08. The number of aliphatic hydroxyl groups is 1. The molecule has 1 fully saturated rings. The number of aliphatic hydroxyl groups excluding tert-OH is 1. The van der Waals surface area contributed by atoms with Gasteiger partial charge in [-0.1, -0.05) is 38.1 Å². The molecule has 0 spiro atoms. The Morgan fingerprint density at radius 3 is 2.52 bits per heavy atom. The van der Waals surface area contributed by atoms with Gasteiger partial charge < -0.3 is 43.9 Å². The molecule has 0 aliphatic carbocycles. The third kappa shape index (κ3) is 12.5. The van der Waals surface area contributed by atoms with E-state index in [1.54, 1.807) is 92.4 Å². The number of ether oxygens (including phenoxy) is 4. The summed E-state index contributed by atoms with van der Waals surface area (Å²) in [5, 5.41) is 31.0. The van der Waals surface area contributed by atoms with Gasteiger partial charge in [-0.15, -0.1) is 11.8 Å². The molecule has 3 aromatic heterocycles. The highest BCUT2D eigenvalue weighted by Crippen LogP contribution is 2.41. The van der Waals surface area contributed by atoms with Crippen molar-refractivity contribution in [2.75, 3.05) is 31.3 Å². The average molecular weight is 937 g/mol. The number of fused-ring (bicyclic) bond motifs is 2. The fourth-order valence-corrected chi connectivity index (χ4v) is 8.35. The van der Waals surface area contributed by atoms with Crippen LogP contribution in [0.3, 0.4) is 0 Å². The van der Waals surface area contributed by atoms with Gasteiger partial charge in [0.2, 0.25) is 23.0 Å². The lowest BCUT2D eigenvalue weighted by Crippen LogP contribution is -2.71. The molecule has 3 atom stereocenters. The SMILES string of the molecule is CCO/N=C(\C(=O)NC1C(=O)N2C(C(=O)OCc3ccc(OC)cc3)=C(C[n+]3cccc4c3ncn4CCC(O)CN=C([O-])OC(C)(C)C)CSC12)c1nsc(NC(=O)OC(C)(C)C)n1. The normalized spacial score (nSPS) is 17.2. The number of aromatic nitrogens is 5. The van der Waals surface area contributed by atoms with E-state index in [1.165, 1.54) is 16.7 Å². The third-order valence-corrected chi connectivity index (χ3v) is 11.3. The Hall–Kier alpha value is -6.33. The van der Waals surface area contributed by atoms with Crippen molar-refractivity contribution in [1.29, 1.82) is 0 Å². The van der Waals surface area contributed by atoms with Gasteiger partial charge in [-0.25, -0.2) is 14.2 Å². The van der Waals surface area contributed by atoms with Crippen molar-refractivity contribution in [3.05, 3.63) is 71.6 Å². The van der Waals surface area contributed by atoms with Gasteiger partial charge in [0.1, 0.15) is 59.8 Å². The Balaban J connectivity index is 1.21. The van der Waals surface area contributed by atoms with Gasteiger partial charge in [0.25, 0.3) is 11.8 Å². The van der Waals surface area contributed by atoms with Crippen molar-refractivity contribution in [1.82, 2.24) is 29.1 Å². The number of esters is 1. The van der Waals surface area contributed by atoms with Crippen molar-refractivity contribution in [2.24, 2.45) is 10.1 Å². The number of imidazole rings is 1. The number of nitrogens with zero attached hydrogens (tertiary/aromatic N) is 8. The zero-order chi connectivity index (χ0) is 47.1. The summed E-state index contributed by atoms with van der Waals surface area (Å²) in [5.74, 6) is -1.37. The largest absolute Gasteiger partial charge is 0.595 e. The highest BCUT2D eigenvalue weighted by Gasteiger charge is 2.55. The number of anilines is 1. The van der Waals surface area contributed by atoms with E-state index in [-0.39, 0.29) is 60.8 Å². The molecule has 4 aromatic rings. The molecule has 0 bridgehead atoms. The van der Waals surface area contributed by atoms with Crippen LogP contribution in [0.1, 0.15) is 66.3 Å². The van der Waals surface area contributed by atoms with Crippen LogP contribution in [-0.4, -0.2) is 119 Å². The minimum Gasteiger partial charge on any atom is -0.595 e. The highest BCUT2D eigenvalue weighted by molar-refractivity contribution is 8.00. The zero-order valence-corrected chi connectivity index (χ0v) is 38.9. The van der Waals surface area contributed by atoms with Crippen molar-refractivity contribution in [3.8, 4) is 5.75 Å². The number of aliphatic imine (C=N–C) groups is 1. The summed E-state index contributed by atoms with van der Waals surface area (Å²) in [6.07, 6.45) is 1.30. The Labute approximate surface area is 383 Å². The molecule has 1 aromatic carbocycles. The van der Waals surface area contributed by atoms with Crippen LogP contribution in [0.5, 0.6) is 5.75 Å². The summed E-state index contributed by atoms with van der Waals surface area (Å²) in [6.45, 7) is 12.4. The lowest BCUT2D eigenvalue weighted by atomic mass is 10.0. The maximum atomic E-state index is 14.1. The first kappa shape index (κ1) is 48.1. The van der Waals surface area contributed by atoms with Crippen LogP contribution in [0, 0.1) is 0 Å². The smallest absolute Gasteiger partial charge is 0.414 e. The summed E-state index contributed by atoms with van der Waals surface area (Å²) >= 11 is 2.14. The van der Waals surface area contributed by atoms with E-state index >= 15 is 0 Å². The molecule has 65 heavy (non-hydrogen) atoms. The molecule has 6 rings (SSSR count). The van der Waals surface area contributed by atoms with Gasteiger partial charge in [-0.2, -0.15) is 9.36 Å². The molecule has 5 heterocycles. The number of amides is 3. The fourth-order valence-electron chi connectivity index (χ4n) is 6.46. The van der Waals surface area contributed by atoms with Gasteiger partial charge >= 0.3 is 17.7 Å². The molecule has 0 saturated carbocycles. The van der Waals surface area contributed by atoms with Crippen LogP contribution in [-0.2, 0) is 53.1 Å². The maximum absolute atomic E-state index is 14.1. The molecule has 2 aliphatic heterocycles. The van der Waals surface area contributed by atoms with Crippen LogP contribution in [0.2, 0.25) is 0 Å². The number of methoxy groups -OCH3 is 1. The van der Waals surface area contributed by atoms with Crippen molar-refractivity contribution in [2.45, 2.75) is 103 Å². The van der Waals surface area contributed by atoms with Crippen molar-refractivity contribution >= 4 is 75.3 Å². The van der Waals surface area contributed by atoms with E-state index in [0.717, 1.165) is 17.0 Å². The second-order valence-corrected chi connectivity index (χ2v) is 18.5. The standard InChI is InChI=1S/C42H52N10O11S2/c1-9-61-48-29(32-46-38(65-49-32)47-40(58)63-42(5,6)7)34(54)45-30-35(55)52-31(37(56)60-21-24-12-14-27(59-8)15-13-24)25(22-64-36(30)52)20-50-17-10-11-28-33(50)44-23-51(28)18-16-26(53)19-43-39(57)62-41(2,3)4/h10-15,17,23,26,30,36,53H,9,16,18-22H2,1-8H3,(H2-,43,45,46,47,49,54,57,58)/b48-29-. The number of carbonyl (C=O) groups excluding carboxylic acids is 4. The van der Waals surface area contributed by atoms with Crippen LogP contribution >= 0.6 is 23.3 Å². The second-order valence-electron chi connectivity index (χ2n) is 16.7. The first-order chi connectivity index (χ1) is 30.8. The number of hydrogen-bond donors (Lipinski definition) is 3. The summed E-state index contributed by atoms with van der Waals surface area (Å²) in [7, 11) is 1.55. The minimum absolute atomic E-state index is 0.0398. The fraction of sp³-hybridized carbons (Fsp3) is 0.476. The average Bonchev–Trinajstić information content (AvgIpc) is 3.89. The number of nitrogens with one attached hydrogen (secondary N) is 2. The molecule has 2 aliphatic rings. The van der Waals surface area contributed by atoms with Crippen molar-refractivity contribution in [3.63, 3.8) is 0 Å². The van der Waals surface area contributed by atoms with Gasteiger partial charge in [0.05, 0.1) is 26.0 Å². The second kappa shape index (κ2) is 20.7. The Morgan fingerprint density at radius 2 is 1.83 bits per heavy atom. The quantitative estimate of drug-likeness (QED) is 0.0344. The Bertz CT molecular complexity index is 2470. The summed E-state index contributed by atoms with van der Waals surface area (Å²) in [5.41, 5.74) is 0.824. The number of thioether (sulfide) groups is 1. The number of aryl methyl sites for hydroxylation is 1. The summed E-state index contributed by atoms with van der Waals surface area (Å²) in [4.78, 5) is 73.6. The molecule has 3 amide bonds. The Morgan fingerprint density at radius 1 is 1.09 bits per heavy atom. The van der Waals surface area contributed by atoms with Gasteiger partial charge in [-0.3, -0.25) is 24.8 Å². The van der Waals surface area contributed by atoms with Crippen molar-refractivity contribution < 1.29 is 57.7 Å². The number of hydrogen-bond acceptors (Lipinski definition) is 18. The first-order valence-corrected chi connectivity index (χ1v) is 22.4. The number of rotatable bonds is 17. The Kier molecular flexibility index (Phi) is 15.3. The van der Waals surface area contributed by atoms with E-state index in [0.29, 0.717) is 29.1 Å². The zero-order valence-electron chi connectivity index (χ0n) is 37.2. The number of β-lactam (4-membered cyclic amide) rings is 1. The number of benzene rings is 1. The number of pyridine rings is 1. The van der Waals surface area contributed by atoms with Crippen LogP contribution in [0.4, 0.5) is 9.93 Å². The van der Waals surface area contributed by atoms with E-state index in [2.05, 4.69) is 35.1 Å². The highest BCUT2D eigenvalue weighted by atomic mass is 32.2. The molecule has 3 N–H and O–H groups in total. The van der Waals surface area contributed by atoms with E-state index < -0.39 is 58.7 Å². The van der Waals surface area contributed by atoms with Crippen LogP contribution in [0.15, 0.2) is 70.3 Å². The lowest BCUT2D eigenvalue weighted by molar-refractivity contribution is -0.664. The van der Waals surface area contributed by atoms with Crippen LogP contribution < -0.4 is 25.0 Å². The predicted molar refractivity (Wildman–Crippen MR) is 236 cm³/mol. The molecule has 3 unspecified atom stereocenters. The molecule has 23 heteroatoms. The summed E-state index contributed by atoms with van der Waals surface area (Å²) in [6, 6.07) is 9.62. The molecular formula is C42H52N10O11S2. The first-order valence-electron chi connectivity index (χ1n) is 20.6. The van der Waals surface area contributed by atoms with Gasteiger partial charge in [0.15, 0.2) is 0 Å². The van der Waals surface area contributed by atoms with E-state index in [4.69, 9.17) is 23.8 Å². The lowest BCUT2D eigenvalue weighted by Gasteiger charge is -2.49. The number of carbonyl (C=O) groups is 4. The van der Waals surface area contributed by atoms with Crippen LogP contribution in [0.25, 0.3) is 11.2 Å². The predicted octanol–water partition coefficient (Wildman–Crippen LogP) is 2.65. The van der Waals surface area contributed by atoms with Gasteiger partial charge in [0, 0.05) is 35.0 Å².